The lowest BCUT2D eigenvalue weighted by Crippen LogP contribution is -2.03. The van der Waals surface area contributed by atoms with Crippen LogP contribution < -0.4 is 19.5 Å². The van der Waals surface area contributed by atoms with Crippen molar-refractivity contribution in [2.75, 3.05) is 26.6 Å². The molecule has 5 heteroatoms. The molecule has 2 aromatic carbocycles. The molecule has 0 fully saturated rings. The first-order chi connectivity index (χ1) is 12.3. The van der Waals surface area contributed by atoms with E-state index in [2.05, 4.69) is 10.3 Å². The Labute approximate surface area is 145 Å². The number of nitrogens with one attached hydrogen (secondary N) is 1. The second kappa shape index (κ2) is 6.02. The number of aromatic nitrogens is 1. The number of nitrogens with zero attached hydrogens (tertiary/aromatic N) is 1. The smallest absolute Gasteiger partial charge is 0.187 e. The van der Waals surface area contributed by atoms with Crippen LogP contribution in [0.3, 0.4) is 0 Å². The molecule has 3 aromatic rings. The van der Waals surface area contributed by atoms with E-state index in [4.69, 9.17) is 14.2 Å². The highest BCUT2D eigenvalue weighted by Gasteiger charge is 2.24. The van der Waals surface area contributed by atoms with E-state index in [0.717, 1.165) is 39.0 Å². The van der Waals surface area contributed by atoms with Crippen LogP contribution in [0.5, 0.6) is 17.2 Å². The molecule has 0 aliphatic carbocycles. The van der Waals surface area contributed by atoms with Crippen LogP contribution in [-0.4, -0.2) is 26.3 Å². The molecule has 1 aliphatic rings. The van der Waals surface area contributed by atoms with Crippen molar-refractivity contribution >= 4 is 22.7 Å². The molecular formula is C20H18N2O3. The normalized spacial score (nSPS) is 12.0. The summed E-state index contributed by atoms with van der Waals surface area (Å²) in [5, 5.41) is 4.30. The van der Waals surface area contributed by atoms with Crippen molar-refractivity contribution < 1.29 is 14.2 Å². The molecule has 0 saturated heterocycles. The predicted molar refractivity (Wildman–Crippen MR) is 99.5 cm³/mol. The van der Waals surface area contributed by atoms with Crippen molar-refractivity contribution in [3.05, 3.63) is 48.3 Å². The number of pyridine rings is 1. The van der Waals surface area contributed by atoms with Crippen LogP contribution in [-0.2, 0) is 0 Å². The Morgan fingerprint density at radius 1 is 0.880 bits per heavy atom. The number of ether oxygens (including phenoxy) is 3. The topological polar surface area (TPSA) is 52.6 Å². The molecule has 2 heterocycles. The molecule has 0 amide bonds. The van der Waals surface area contributed by atoms with Crippen molar-refractivity contribution in [2.24, 2.45) is 0 Å². The molecule has 0 spiro atoms. The first-order valence-corrected chi connectivity index (χ1v) is 7.92. The van der Waals surface area contributed by atoms with Gasteiger partial charge in [-0.15, -0.1) is 0 Å². The fourth-order valence-electron chi connectivity index (χ4n) is 3.31. The number of anilines is 1. The number of benzene rings is 2. The number of methoxy groups -OCH3 is 3. The molecule has 0 radical (unpaired) electrons. The largest absolute Gasteiger partial charge is 0.497 e. The van der Waals surface area contributed by atoms with E-state index in [1.807, 2.05) is 42.6 Å². The van der Waals surface area contributed by atoms with Crippen molar-refractivity contribution in [1.82, 2.24) is 4.98 Å². The van der Waals surface area contributed by atoms with Crippen molar-refractivity contribution in [1.29, 1.82) is 0 Å². The molecule has 1 aliphatic heterocycles. The molecule has 0 bridgehead atoms. The van der Waals surface area contributed by atoms with Crippen LogP contribution in [0.15, 0.2) is 42.7 Å². The van der Waals surface area contributed by atoms with Crippen LogP contribution in [0.2, 0.25) is 0 Å². The third-order valence-corrected chi connectivity index (χ3v) is 4.41. The Bertz CT molecular complexity index is 979. The van der Waals surface area contributed by atoms with Gasteiger partial charge in [0.15, 0.2) is 11.5 Å². The van der Waals surface area contributed by atoms with Gasteiger partial charge in [-0.1, -0.05) is 12.1 Å². The SMILES string of the molecule is COc1ccc(-c2c(OC)c(OC)c3nccc4c3c2C=CN4)cc1. The second-order valence-electron chi connectivity index (χ2n) is 5.64. The van der Waals surface area contributed by atoms with Gasteiger partial charge in [0.25, 0.3) is 0 Å². The summed E-state index contributed by atoms with van der Waals surface area (Å²) in [6.45, 7) is 0. The van der Waals surface area contributed by atoms with Gasteiger partial charge in [0.05, 0.1) is 21.3 Å². The first kappa shape index (κ1) is 15.3. The number of hydrogen-bond donors (Lipinski definition) is 1. The van der Waals surface area contributed by atoms with Gasteiger partial charge >= 0.3 is 0 Å². The zero-order valence-corrected chi connectivity index (χ0v) is 14.3. The van der Waals surface area contributed by atoms with E-state index in [1.165, 1.54) is 0 Å². The average Bonchev–Trinajstić information content (AvgIpc) is 2.68. The number of rotatable bonds is 4. The Balaban J connectivity index is 2.12. The van der Waals surface area contributed by atoms with E-state index in [9.17, 15) is 0 Å². The van der Waals surface area contributed by atoms with E-state index >= 15 is 0 Å². The molecule has 4 rings (SSSR count). The Morgan fingerprint density at radius 2 is 1.64 bits per heavy atom. The highest BCUT2D eigenvalue weighted by Crippen LogP contribution is 2.49. The van der Waals surface area contributed by atoms with Crippen LogP contribution in [0, 0.1) is 0 Å². The second-order valence-corrected chi connectivity index (χ2v) is 5.64. The molecule has 0 atom stereocenters. The summed E-state index contributed by atoms with van der Waals surface area (Å²) < 4.78 is 16.7. The highest BCUT2D eigenvalue weighted by molar-refractivity contribution is 6.09. The Morgan fingerprint density at radius 3 is 2.32 bits per heavy atom. The van der Waals surface area contributed by atoms with E-state index in [0.29, 0.717) is 11.5 Å². The Hall–Kier alpha value is -3.21. The maximum absolute atomic E-state index is 5.74. The quantitative estimate of drug-likeness (QED) is 0.770. The van der Waals surface area contributed by atoms with Crippen LogP contribution in [0.1, 0.15) is 5.56 Å². The highest BCUT2D eigenvalue weighted by atomic mass is 16.5. The summed E-state index contributed by atoms with van der Waals surface area (Å²) in [6.07, 6.45) is 5.73. The van der Waals surface area contributed by atoms with Gasteiger partial charge < -0.3 is 19.5 Å². The van der Waals surface area contributed by atoms with Gasteiger partial charge in [-0.3, -0.25) is 4.98 Å². The van der Waals surface area contributed by atoms with Gasteiger partial charge in [0.1, 0.15) is 11.3 Å². The lowest BCUT2D eigenvalue weighted by atomic mass is 9.92. The standard InChI is InChI=1S/C20H18N2O3/c1-23-13-6-4-12(5-7-13)16-14-8-10-21-15-9-11-22-18(17(14)15)20(25-3)19(16)24-2/h4-11,21H,1-3H3. The van der Waals surface area contributed by atoms with E-state index in [1.54, 1.807) is 27.5 Å². The van der Waals surface area contributed by atoms with Gasteiger partial charge in [-0.2, -0.15) is 0 Å². The van der Waals surface area contributed by atoms with Crippen LogP contribution >= 0.6 is 0 Å². The number of hydrogen-bond acceptors (Lipinski definition) is 5. The molecule has 25 heavy (non-hydrogen) atoms. The van der Waals surface area contributed by atoms with E-state index in [-0.39, 0.29) is 0 Å². The molecule has 0 saturated carbocycles. The van der Waals surface area contributed by atoms with Crippen molar-refractivity contribution in [3.63, 3.8) is 0 Å². The fraction of sp³-hybridized carbons (Fsp3) is 0.150. The first-order valence-electron chi connectivity index (χ1n) is 7.92. The molecule has 126 valence electrons. The maximum atomic E-state index is 5.74. The summed E-state index contributed by atoms with van der Waals surface area (Å²) in [7, 11) is 4.95. The fourth-order valence-corrected chi connectivity index (χ4v) is 3.31. The van der Waals surface area contributed by atoms with Gasteiger partial charge in [-0.25, -0.2) is 0 Å². The monoisotopic (exact) mass is 334 g/mol. The summed E-state index contributed by atoms with van der Waals surface area (Å²) in [6, 6.07) is 9.87. The third-order valence-electron chi connectivity index (χ3n) is 4.41. The minimum Gasteiger partial charge on any atom is -0.497 e. The van der Waals surface area contributed by atoms with Crippen LogP contribution in [0.4, 0.5) is 5.69 Å². The minimum atomic E-state index is 0.631. The zero-order chi connectivity index (χ0) is 17.4. The summed E-state index contributed by atoms with van der Waals surface area (Å²) in [5.41, 5.74) is 4.83. The zero-order valence-electron chi connectivity index (χ0n) is 14.3. The van der Waals surface area contributed by atoms with Gasteiger partial charge in [0, 0.05) is 29.0 Å². The third kappa shape index (κ3) is 2.28. The van der Waals surface area contributed by atoms with Gasteiger partial charge in [0.2, 0.25) is 0 Å². The summed E-state index contributed by atoms with van der Waals surface area (Å²) in [4.78, 5) is 4.53. The molecule has 0 unspecified atom stereocenters. The summed E-state index contributed by atoms with van der Waals surface area (Å²) in [5.74, 6) is 2.11. The summed E-state index contributed by atoms with van der Waals surface area (Å²) >= 11 is 0. The molecule has 1 N–H and O–H groups in total. The Kier molecular flexibility index (Phi) is 3.69. The maximum Gasteiger partial charge on any atom is 0.187 e. The average molecular weight is 334 g/mol. The van der Waals surface area contributed by atoms with Crippen LogP contribution in [0.25, 0.3) is 28.1 Å². The molecule has 1 aromatic heterocycles. The van der Waals surface area contributed by atoms with Crippen molar-refractivity contribution in [3.8, 4) is 28.4 Å². The lowest BCUT2D eigenvalue weighted by molar-refractivity contribution is 0.359. The van der Waals surface area contributed by atoms with Crippen molar-refractivity contribution in [2.45, 2.75) is 0 Å². The predicted octanol–water partition coefficient (Wildman–Crippen LogP) is 4.32. The molecule has 5 nitrogen and oxygen atoms in total. The lowest BCUT2D eigenvalue weighted by Gasteiger charge is -2.22. The van der Waals surface area contributed by atoms with Gasteiger partial charge in [-0.05, 0) is 35.4 Å². The molecular weight excluding hydrogens is 316 g/mol. The van der Waals surface area contributed by atoms with E-state index < -0.39 is 0 Å². The minimum absolute atomic E-state index is 0.631.